The fraction of sp³-hybridized carbons (Fsp3) is 0.533. The molecule has 2 atom stereocenters. The van der Waals surface area contributed by atoms with Crippen molar-refractivity contribution in [2.75, 3.05) is 19.8 Å². The summed E-state index contributed by atoms with van der Waals surface area (Å²) >= 11 is 0. The second kappa shape index (κ2) is 6.24. The minimum Gasteiger partial charge on any atom is -0.481 e. The average molecular weight is 279 g/mol. The van der Waals surface area contributed by atoms with Gasteiger partial charge in [-0.2, -0.15) is 0 Å². The molecule has 2 unspecified atom stereocenters. The van der Waals surface area contributed by atoms with Crippen LogP contribution in [0.4, 0.5) is 0 Å². The van der Waals surface area contributed by atoms with Gasteiger partial charge in [0.05, 0.1) is 6.61 Å². The van der Waals surface area contributed by atoms with E-state index >= 15 is 0 Å². The van der Waals surface area contributed by atoms with Gasteiger partial charge in [-0.3, -0.25) is 4.79 Å². The first-order valence-electron chi connectivity index (χ1n) is 6.80. The molecule has 1 fully saturated rings. The Bertz CT molecular complexity index is 469. The first kappa shape index (κ1) is 14.8. The summed E-state index contributed by atoms with van der Waals surface area (Å²) in [5.41, 5.74) is 0.131. The van der Waals surface area contributed by atoms with Crippen molar-refractivity contribution in [2.24, 2.45) is 0 Å². The van der Waals surface area contributed by atoms with Crippen molar-refractivity contribution in [1.82, 2.24) is 5.32 Å². The van der Waals surface area contributed by atoms with Gasteiger partial charge in [-0.05, 0) is 31.5 Å². The number of hydrogen-bond acceptors (Lipinski definition) is 4. The van der Waals surface area contributed by atoms with E-state index in [0.717, 1.165) is 5.56 Å². The largest absolute Gasteiger partial charge is 0.481 e. The van der Waals surface area contributed by atoms with E-state index in [9.17, 15) is 9.90 Å². The molecule has 0 spiro atoms. The molecule has 1 aliphatic rings. The maximum absolute atomic E-state index is 11.9. The molecule has 1 saturated heterocycles. The lowest BCUT2D eigenvalue weighted by atomic mass is 10.0. The van der Waals surface area contributed by atoms with Gasteiger partial charge in [0.25, 0.3) is 5.91 Å². The van der Waals surface area contributed by atoms with Crippen LogP contribution >= 0.6 is 0 Å². The van der Waals surface area contributed by atoms with Gasteiger partial charge in [0.1, 0.15) is 11.4 Å². The molecule has 1 aromatic carbocycles. The summed E-state index contributed by atoms with van der Waals surface area (Å²) in [5.74, 6) is 0.419. The number of carbonyl (C=O) groups excluding carboxylic acids is 1. The lowest BCUT2D eigenvalue weighted by Crippen LogP contribution is -2.46. The van der Waals surface area contributed by atoms with E-state index in [1.165, 1.54) is 0 Å². The minimum atomic E-state index is -0.946. The molecule has 0 saturated carbocycles. The highest BCUT2D eigenvalue weighted by atomic mass is 16.5. The first-order valence-corrected chi connectivity index (χ1v) is 6.80. The number of nitrogens with one attached hydrogen (secondary N) is 1. The number of ether oxygens (including phenoxy) is 2. The summed E-state index contributed by atoms with van der Waals surface area (Å²) in [7, 11) is 0. The third kappa shape index (κ3) is 3.95. The number of benzene rings is 1. The zero-order valence-corrected chi connectivity index (χ0v) is 11.9. The summed E-state index contributed by atoms with van der Waals surface area (Å²) in [6.07, 6.45) is -0.0665. The molecule has 0 aliphatic carbocycles. The van der Waals surface area contributed by atoms with Crippen LogP contribution < -0.4 is 10.1 Å². The van der Waals surface area contributed by atoms with Crippen molar-refractivity contribution >= 4 is 5.91 Å². The standard InChI is InChI=1S/C15H21NO4/c1-11-4-3-5-13(8-11)20-12(2)14(17)16-9-15(18)6-7-19-10-15/h3-5,8,12,18H,6-7,9-10H2,1-2H3,(H,16,17). The number of aryl methyl sites for hydroxylation is 1. The van der Waals surface area contributed by atoms with E-state index in [4.69, 9.17) is 9.47 Å². The van der Waals surface area contributed by atoms with Crippen LogP contribution in [0.25, 0.3) is 0 Å². The number of rotatable bonds is 5. The number of carbonyl (C=O) groups is 1. The van der Waals surface area contributed by atoms with E-state index in [1.54, 1.807) is 6.92 Å². The van der Waals surface area contributed by atoms with Gasteiger partial charge in [-0.15, -0.1) is 0 Å². The topological polar surface area (TPSA) is 67.8 Å². The van der Waals surface area contributed by atoms with Crippen molar-refractivity contribution in [3.63, 3.8) is 0 Å². The smallest absolute Gasteiger partial charge is 0.260 e. The second-order valence-corrected chi connectivity index (χ2v) is 5.32. The van der Waals surface area contributed by atoms with Gasteiger partial charge in [-0.25, -0.2) is 0 Å². The van der Waals surface area contributed by atoms with Crippen LogP contribution in [-0.4, -0.2) is 42.5 Å². The molecular formula is C15H21NO4. The van der Waals surface area contributed by atoms with Crippen LogP contribution in [0.5, 0.6) is 5.75 Å². The van der Waals surface area contributed by atoms with E-state index in [1.807, 2.05) is 31.2 Å². The van der Waals surface area contributed by atoms with Crippen molar-refractivity contribution in [1.29, 1.82) is 0 Å². The highest BCUT2D eigenvalue weighted by molar-refractivity contribution is 5.80. The fourth-order valence-electron chi connectivity index (χ4n) is 2.08. The molecule has 2 N–H and O–H groups in total. The Hall–Kier alpha value is -1.59. The average Bonchev–Trinajstić information content (AvgIpc) is 2.83. The first-order chi connectivity index (χ1) is 9.48. The Morgan fingerprint density at radius 1 is 1.60 bits per heavy atom. The lowest BCUT2D eigenvalue weighted by Gasteiger charge is -2.22. The van der Waals surface area contributed by atoms with Crippen molar-refractivity contribution < 1.29 is 19.4 Å². The van der Waals surface area contributed by atoms with E-state index < -0.39 is 11.7 Å². The third-order valence-electron chi connectivity index (χ3n) is 3.35. The molecule has 20 heavy (non-hydrogen) atoms. The molecule has 1 heterocycles. The quantitative estimate of drug-likeness (QED) is 0.845. The van der Waals surface area contributed by atoms with Gasteiger partial charge in [-0.1, -0.05) is 12.1 Å². The third-order valence-corrected chi connectivity index (χ3v) is 3.35. The summed E-state index contributed by atoms with van der Waals surface area (Å²) in [4.78, 5) is 11.9. The summed E-state index contributed by atoms with van der Waals surface area (Å²) in [6.45, 7) is 4.63. The summed E-state index contributed by atoms with van der Waals surface area (Å²) < 4.78 is 10.7. The predicted octanol–water partition coefficient (Wildman–Crippen LogP) is 1.03. The maximum atomic E-state index is 11.9. The van der Waals surface area contributed by atoms with Gasteiger partial charge in [0.2, 0.25) is 0 Å². The number of hydrogen-bond donors (Lipinski definition) is 2. The van der Waals surface area contributed by atoms with Gasteiger partial charge < -0.3 is 19.9 Å². The lowest BCUT2D eigenvalue weighted by molar-refractivity contribution is -0.128. The minimum absolute atomic E-state index is 0.188. The molecule has 0 bridgehead atoms. The van der Waals surface area contributed by atoms with Crippen LogP contribution in [0, 0.1) is 6.92 Å². The van der Waals surface area contributed by atoms with Gasteiger partial charge in [0, 0.05) is 19.6 Å². The Kier molecular flexibility index (Phi) is 4.62. The van der Waals surface area contributed by atoms with Crippen LogP contribution in [0.2, 0.25) is 0 Å². The summed E-state index contributed by atoms with van der Waals surface area (Å²) in [5, 5.41) is 12.8. The molecule has 2 rings (SSSR count). The van der Waals surface area contributed by atoms with Crippen molar-refractivity contribution in [3.05, 3.63) is 29.8 Å². The number of amides is 1. The van der Waals surface area contributed by atoms with Crippen LogP contribution in [-0.2, 0) is 9.53 Å². The molecule has 1 aromatic rings. The van der Waals surface area contributed by atoms with Gasteiger partial charge in [0.15, 0.2) is 6.10 Å². The fourth-order valence-corrected chi connectivity index (χ4v) is 2.08. The molecule has 5 heteroatoms. The monoisotopic (exact) mass is 279 g/mol. The zero-order chi connectivity index (χ0) is 14.6. The molecule has 1 aliphatic heterocycles. The van der Waals surface area contributed by atoms with Crippen LogP contribution in [0.1, 0.15) is 18.9 Å². The van der Waals surface area contributed by atoms with Crippen molar-refractivity contribution in [3.8, 4) is 5.75 Å². The molecular weight excluding hydrogens is 258 g/mol. The Morgan fingerprint density at radius 3 is 3.05 bits per heavy atom. The highest BCUT2D eigenvalue weighted by Crippen LogP contribution is 2.17. The molecule has 1 amide bonds. The Balaban J connectivity index is 1.83. The normalized spacial score (nSPS) is 23.4. The molecule has 5 nitrogen and oxygen atoms in total. The zero-order valence-electron chi connectivity index (χ0n) is 11.9. The SMILES string of the molecule is Cc1cccc(OC(C)C(=O)NCC2(O)CCOC2)c1. The summed E-state index contributed by atoms with van der Waals surface area (Å²) in [6, 6.07) is 7.54. The molecule has 0 radical (unpaired) electrons. The Labute approximate surface area is 118 Å². The van der Waals surface area contributed by atoms with E-state index in [-0.39, 0.29) is 19.1 Å². The molecule has 0 aromatic heterocycles. The van der Waals surface area contributed by atoms with E-state index in [2.05, 4.69) is 5.32 Å². The van der Waals surface area contributed by atoms with Crippen LogP contribution in [0.3, 0.4) is 0 Å². The van der Waals surface area contributed by atoms with E-state index in [0.29, 0.717) is 18.8 Å². The predicted molar refractivity (Wildman–Crippen MR) is 74.7 cm³/mol. The van der Waals surface area contributed by atoms with Gasteiger partial charge >= 0.3 is 0 Å². The van der Waals surface area contributed by atoms with Crippen LogP contribution in [0.15, 0.2) is 24.3 Å². The number of aliphatic hydroxyl groups is 1. The second-order valence-electron chi connectivity index (χ2n) is 5.32. The maximum Gasteiger partial charge on any atom is 0.260 e. The Morgan fingerprint density at radius 2 is 2.40 bits per heavy atom. The highest BCUT2D eigenvalue weighted by Gasteiger charge is 2.33. The van der Waals surface area contributed by atoms with Crippen molar-refractivity contribution in [2.45, 2.75) is 32.0 Å². The molecule has 110 valence electrons.